The summed E-state index contributed by atoms with van der Waals surface area (Å²) in [5.74, 6) is 1.99. The quantitative estimate of drug-likeness (QED) is 0.551. The van der Waals surface area contributed by atoms with Crippen LogP contribution < -0.4 is 5.32 Å². The summed E-state index contributed by atoms with van der Waals surface area (Å²) in [5, 5.41) is 3.49. The minimum atomic E-state index is 0.759. The van der Waals surface area contributed by atoms with Crippen molar-refractivity contribution in [1.29, 1.82) is 0 Å². The first-order valence-electron chi connectivity index (χ1n) is 7.00. The lowest BCUT2D eigenvalue weighted by atomic mass is 10.1. The Balaban J connectivity index is 2.09. The van der Waals surface area contributed by atoms with E-state index >= 15 is 0 Å². The van der Waals surface area contributed by atoms with Gasteiger partial charge >= 0.3 is 0 Å². The van der Waals surface area contributed by atoms with Crippen LogP contribution in [0.2, 0.25) is 0 Å². The molecule has 1 nitrogen and oxygen atoms in total. The minimum absolute atomic E-state index is 0.759. The Kier molecular flexibility index (Phi) is 7.45. The molecule has 0 fully saturated rings. The molecule has 0 radical (unpaired) electrons. The number of rotatable bonds is 8. The Morgan fingerprint density at radius 1 is 1.11 bits per heavy atom. The fraction of sp³-hybridized carbons (Fsp3) is 0.625. The number of unbranched alkanes of at least 4 members (excludes halogenated alkanes) is 1. The van der Waals surface area contributed by atoms with Gasteiger partial charge in [-0.1, -0.05) is 19.9 Å². The van der Waals surface area contributed by atoms with Crippen LogP contribution in [0.4, 0.5) is 0 Å². The van der Waals surface area contributed by atoms with Gasteiger partial charge in [0.15, 0.2) is 0 Å². The van der Waals surface area contributed by atoms with Crippen LogP contribution in [-0.2, 0) is 0 Å². The zero-order chi connectivity index (χ0) is 13.4. The molecule has 0 atom stereocenters. The molecular formula is C16H27NS. The highest BCUT2D eigenvalue weighted by Crippen LogP contribution is 2.21. The fourth-order valence-electron chi connectivity index (χ4n) is 1.74. The van der Waals surface area contributed by atoms with Gasteiger partial charge in [-0.05, 0) is 74.7 Å². The third-order valence-electron chi connectivity index (χ3n) is 3.05. The van der Waals surface area contributed by atoms with E-state index in [0.29, 0.717) is 0 Å². The van der Waals surface area contributed by atoms with Gasteiger partial charge in [0.2, 0.25) is 0 Å². The molecule has 102 valence electrons. The normalized spacial score (nSPS) is 11.2. The van der Waals surface area contributed by atoms with Crippen LogP contribution in [0, 0.1) is 19.8 Å². The Hall–Kier alpha value is -0.470. The molecule has 0 aliphatic carbocycles. The maximum atomic E-state index is 3.49. The molecule has 0 aromatic heterocycles. The molecule has 0 saturated heterocycles. The Morgan fingerprint density at radius 2 is 1.89 bits per heavy atom. The van der Waals surface area contributed by atoms with Crippen molar-refractivity contribution < 1.29 is 0 Å². The molecule has 0 amide bonds. The molecule has 0 heterocycles. The van der Waals surface area contributed by atoms with Gasteiger partial charge in [-0.2, -0.15) is 0 Å². The predicted octanol–water partition coefficient (Wildman–Crippen LogP) is 4.42. The second-order valence-corrected chi connectivity index (χ2v) is 6.57. The van der Waals surface area contributed by atoms with Crippen LogP contribution in [0.25, 0.3) is 0 Å². The SMILES string of the molecule is Cc1ccc(SCCCCNCC(C)C)cc1C. The van der Waals surface area contributed by atoms with E-state index in [9.17, 15) is 0 Å². The topological polar surface area (TPSA) is 12.0 Å². The van der Waals surface area contributed by atoms with Gasteiger partial charge in [-0.25, -0.2) is 0 Å². The van der Waals surface area contributed by atoms with E-state index in [4.69, 9.17) is 0 Å². The third-order valence-corrected chi connectivity index (χ3v) is 4.13. The van der Waals surface area contributed by atoms with Crippen molar-refractivity contribution in [3.05, 3.63) is 29.3 Å². The lowest BCUT2D eigenvalue weighted by Gasteiger charge is -2.07. The van der Waals surface area contributed by atoms with E-state index in [0.717, 1.165) is 19.0 Å². The summed E-state index contributed by atoms with van der Waals surface area (Å²) in [6.45, 7) is 11.2. The van der Waals surface area contributed by atoms with E-state index in [1.54, 1.807) is 0 Å². The van der Waals surface area contributed by atoms with Crippen molar-refractivity contribution in [3.63, 3.8) is 0 Å². The minimum Gasteiger partial charge on any atom is -0.316 e. The molecule has 0 spiro atoms. The van der Waals surface area contributed by atoms with Crippen molar-refractivity contribution in [3.8, 4) is 0 Å². The van der Waals surface area contributed by atoms with Crippen LogP contribution in [0.1, 0.15) is 37.8 Å². The molecule has 0 aliphatic heterocycles. The van der Waals surface area contributed by atoms with Crippen LogP contribution in [0.3, 0.4) is 0 Å². The van der Waals surface area contributed by atoms with Gasteiger partial charge in [-0.15, -0.1) is 11.8 Å². The molecule has 1 aromatic carbocycles. The molecular weight excluding hydrogens is 238 g/mol. The van der Waals surface area contributed by atoms with Gasteiger partial charge in [0.25, 0.3) is 0 Å². The number of hydrogen-bond acceptors (Lipinski definition) is 2. The zero-order valence-corrected chi connectivity index (χ0v) is 13.1. The summed E-state index contributed by atoms with van der Waals surface area (Å²) in [4.78, 5) is 1.41. The molecule has 1 aromatic rings. The van der Waals surface area contributed by atoms with E-state index in [1.807, 2.05) is 11.8 Å². The highest BCUT2D eigenvalue weighted by atomic mass is 32.2. The summed E-state index contributed by atoms with van der Waals surface area (Å²) in [7, 11) is 0. The van der Waals surface area contributed by atoms with Crippen molar-refractivity contribution in [2.24, 2.45) is 5.92 Å². The Labute approximate surface area is 117 Å². The fourth-order valence-corrected chi connectivity index (χ4v) is 2.75. The van der Waals surface area contributed by atoms with Gasteiger partial charge in [0.05, 0.1) is 0 Å². The summed E-state index contributed by atoms with van der Waals surface area (Å²) < 4.78 is 0. The summed E-state index contributed by atoms with van der Waals surface area (Å²) in [6, 6.07) is 6.77. The molecule has 0 unspecified atom stereocenters. The predicted molar refractivity (Wildman–Crippen MR) is 83.6 cm³/mol. The number of hydrogen-bond donors (Lipinski definition) is 1. The van der Waals surface area contributed by atoms with Gasteiger partial charge < -0.3 is 5.32 Å². The second-order valence-electron chi connectivity index (χ2n) is 5.40. The Morgan fingerprint density at radius 3 is 2.56 bits per heavy atom. The van der Waals surface area contributed by atoms with Crippen LogP contribution in [0.15, 0.2) is 23.1 Å². The second kappa shape index (κ2) is 8.60. The van der Waals surface area contributed by atoms with Crippen LogP contribution in [-0.4, -0.2) is 18.8 Å². The maximum absolute atomic E-state index is 3.49. The lowest BCUT2D eigenvalue weighted by Crippen LogP contribution is -2.20. The van der Waals surface area contributed by atoms with Crippen molar-refractivity contribution >= 4 is 11.8 Å². The summed E-state index contributed by atoms with van der Waals surface area (Å²) in [6.07, 6.45) is 2.58. The largest absolute Gasteiger partial charge is 0.316 e. The first-order chi connectivity index (χ1) is 8.59. The van der Waals surface area contributed by atoms with E-state index in [1.165, 1.54) is 34.6 Å². The molecule has 0 bridgehead atoms. The molecule has 0 aliphatic rings. The Bertz CT molecular complexity index is 347. The monoisotopic (exact) mass is 265 g/mol. The number of thioether (sulfide) groups is 1. The molecule has 1 N–H and O–H groups in total. The van der Waals surface area contributed by atoms with Gasteiger partial charge in [0, 0.05) is 4.90 Å². The van der Waals surface area contributed by atoms with Crippen molar-refractivity contribution in [1.82, 2.24) is 5.32 Å². The van der Waals surface area contributed by atoms with Crippen LogP contribution >= 0.6 is 11.8 Å². The standard InChI is InChI=1S/C16H27NS/c1-13(2)12-17-9-5-6-10-18-16-8-7-14(3)15(4)11-16/h7-8,11,13,17H,5-6,9-10,12H2,1-4H3. The van der Waals surface area contributed by atoms with Crippen LogP contribution in [0.5, 0.6) is 0 Å². The molecule has 18 heavy (non-hydrogen) atoms. The first-order valence-corrected chi connectivity index (χ1v) is 7.99. The zero-order valence-electron chi connectivity index (χ0n) is 12.3. The third kappa shape index (κ3) is 6.46. The molecule has 1 rings (SSSR count). The molecule has 2 heteroatoms. The van der Waals surface area contributed by atoms with E-state index < -0.39 is 0 Å². The first kappa shape index (κ1) is 15.6. The highest BCUT2D eigenvalue weighted by Gasteiger charge is 1.98. The lowest BCUT2D eigenvalue weighted by molar-refractivity contribution is 0.541. The molecule has 0 saturated carbocycles. The van der Waals surface area contributed by atoms with Crippen molar-refractivity contribution in [2.75, 3.05) is 18.8 Å². The van der Waals surface area contributed by atoms with Crippen molar-refractivity contribution in [2.45, 2.75) is 45.4 Å². The highest BCUT2D eigenvalue weighted by molar-refractivity contribution is 7.99. The van der Waals surface area contributed by atoms with Gasteiger partial charge in [-0.3, -0.25) is 0 Å². The number of aryl methyl sites for hydroxylation is 2. The van der Waals surface area contributed by atoms with E-state index in [-0.39, 0.29) is 0 Å². The number of benzene rings is 1. The van der Waals surface area contributed by atoms with E-state index in [2.05, 4.69) is 51.2 Å². The smallest absolute Gasteiger partial charge is 0.00747 e. The number of nitrogens with one attached hydrogen (secondary N) is 1. The average Bonchev–Trinajstić information content (AvgIpc) is 2.32. The average molecular weight is 265 g/mol. The summed E-state index contributed by atoms with van der Waals surface area (Å²) in [5.41, 5.74) is 2.79. The summed E-state index contributed by atoms with van der Waals surface area (Å²) >= 11 is 1.98. The maximum Gasteiger partial charge on any atom is 0.00747 e. The van der Waals surface area contributed by atoms with Gasteiger partial charge in [0.1, 0.15) is 0 Å².